The van der Waals surface area contributed by atoms with Gasteiger partial charge in [-0.3, -0.25) is 9.59 Å². The number of hydrogen-bond acceptors (Lipinski definition) is 4. The van der Waals surface area contributed by atoms with Gasteiger partial charge in [0.2, 0.25) is 11.8 Å². The second-order valence-electron chi connectivity index (χ2n) is 5.74. The van der Waals surface area contributed by atoms with E-state index in [-0.39, 0.29) is 11.8 Å². The van der Waals surface area contributed by atoms with Crippen LogP contribution in [0.1, 0.15) is 25.6 Å². The number of thiophene rings is 1. The van der Waals surface area contributed by atoms with Crippen molar-refractivity contribution in [3.63, 3.8) is 0 Å². The average molecular weight is 326 g/mol. The zero-order chi connectivity index (χ0) is 15.5. The van der Waals surface area contributed by atoms with Gasteiger partial charge < -0.3 is 10.2 Å². The molecule has 0 bridgehead atoms. The Morgan fingerprint density at radius 1 is 1.33 bits per heavy atom. The Morgan fingerprint density at radius 3 is 2.57 bits per heavy atom. The first-order valence-corrected chi connectivity index (χ1v) is 9.18. The first-order chi connectivity index (χ1) is 9.93. The molecule has 1 unspecified atom stereocenters. The Hall–Kier alpha value is -1.01. The molecule has 0 aliphatic carbocycles. The number of rotatable bonds is 4. The molecule has 1 N–H and O–H groups in total. The molecule has 2 heterocycles. The molecule has 2 amide bonds. The fourth-order valence-electron chi connectivity index (χ4n) is 2.24. The zero-order valence-electron chi connectivity index (χ0n) is 12.7. The lowest BCUT2D eigenvalue weighted by Gasteiger charge is -2.31. The van der Waals surface area contributed by atoms with Gasteiger partial charge in [0, 0.05) is 29.5 Å². The van der Waals surface area contributed by atoms with Gasteiger partial charge in [-0.05, 0) is 32.2 Å². The van der Waals surface area contributed by atoms with E-state index in [2.05, 4.69) is 5.32 Å². The molecule has 0 spiro atoms. The summed E-state index contributed by atoms with van der Waals surface area (Å²) in [7, 11) is 0. The molecule has 21 heavy (non-hydrogen) atoms. The van der Waals surface area contributed by atoms with Gasteiger partial charge in [-0.15, -0.1) is 11.3 Å². The van der Waals surface area contributed by atoms with Gasteiger partial charge in [-0.1, -0.05) is 6.07 Å². The molecular formula is C15H22N2O2S2. The Bertz CT molecular complexity index is 494. The molecule has 4 nitrogen and oxygen atoms in total. The number of carbonyl (C=O) groups excluding carboxylic acids is 2. The summed E-state index contributed by atoms with van der Waals surface area (Å²) in [5.74, 6) is 1.88. The van der Waals surface area contributed by atoms with Crippen LogP contribution in [-0.2, 0) is 15.0 Å². The summed E-state index contributed by atoms with van der Waals surface area (Å²) in [6.07, 6.45) is 0. The van der Waals surface area contributed by atoms with E-state index in [0.29, 0.717) is 0 Å². The topological polar surface area (TPSA) is 49.4 Å². The second-order valence-corrected chi connectivity index (χ2v) is 7.91. The molecule has 0 saturated carbocycles. The summed E-state index contributed by atoms with van der Waals surface area (Å²) in [6, 6.07) is 3.42. The third-order valence-electron chi connectivity index (χ3n) is 3.75. The molecule has 2 rings (SSSR count). The lowest BCUT2D eigenvalue weighted by atomic mass is 9.90. The Morgan fingerprint density at radius 2 is 2.00 bits per heavy atom. The SMILES string of the molecule is CC(NC(=O)C(C)(C)c1cccs1)C(=O)N1CCSCC1. The van der Waals surface area contributed by atoms with E-state index in [1.54, 1.807) is 18.3 Å². The van der Waals surface area contributed by atoms with E-state index >= 15 is 0 Å². The minimum absolute atomic E-state index is 0.0191. The Labute approximate surface area is 134 Å². The Balaban J connectivity index is 1.96. The highest BCUT2D eigenvalue weighted by Crippen LogP contribution is 2.27. The lowest BCUT2D eigenvalue weighted by Crippen LogP contribution is -2.52. The predicted octanol–water partition coefficient (Wildman–Crippen LogP) is 2.11. The van der Waals surface area contributed by atoms with E-state index in [0.717, 1.165) is 29.5 Å². The van der Waals surface area contributed by atoms with Crippen LogP contribution in [0.15, 0.2) is 17.5 Å². The van der Waals surface area contributed by atoms with Crippen LogP contribution in [0.2, 0.25) is 0 Å². The maximum absolute atomic E-state index is 12.5. The zero-order valence-corrected chi connectivity index (χ0v) is 14.4. The minimum atomic E-state index is -0.611. The summed E-state index contributed by atoms with van der Waals surface area (Å²) < 4.78 is 0. The highest BCUT2D eigenvalue weighted by atomic mass is 32.2. The molecule has 6 heteroatoms. The van der Waals surface area contributed by atoms with Gasteiger partial charge in [-0.2, -0.15) is 11.8 Å². The normalized spacial score (nSPS) is 17.4. The number of carbonyl (C=O) groups is 2. The molecule has 1 aliphatic rings. The smallest absolute Gasteiger partial charge is 0.244 e. The van der Waals surface area contributed by atoms with Crippen LogP contribution < -0.4 is 5.32 Å². The summed E-state index contributed by atoms with van der Waals surface area (Å²) in [4.78, 5) is 27.7. The van der Waals surface area contributed by atoms with Crippen LogP contribution in [-0.4, -0.2) is 47.4 Å². The number of nitrogens with one attached hydrogen (secondary N) is 1. The van der Waals surface area contributed by atoms with Crippen LogP contribution >= 0.6 is 23.1 Å². The van der Waals surface area contributed by atoms with Gasteiger partial charge in [0.1, 0.15) is 6.04 Å². The number of amides is 2. The Kier molecular flexibility index (Phi) is 5.32. The fraction of sp³-hybridized carbons (Fsp3) is 0.600. The molecule has 1 aromatic rings. The summed E-state index contributed by atoms with van der Waals surface area (Å²) >= 11 is 3.43. The number of thioether (sulfide) groups is 1. The highest BCUT2D eigenvalue weighted by molar-refractivity contribution is 7.99. The van der Waals surface area contributed by atoms with Crippen molar-refractivity contribution in [2.75, 3.05) is 24.6 Å². The van der Waals surface area contributed by atoms with Gasteiger partial charge >= 0.3 is 0 Å². The molecule has 1 fully saturated rings. The van der Waals surface area contributed by atoms with Crippen LogP contribution in [0, 0.1) is 0 Å². The largest absolute Gasteiger partial charge is 0.344 e. The van der Waals surface area contributed by atoms with Crippen molar-refractivity contribution in [2.24, 2.45) is 0 Å². The van der Waals surface area contributed by atoms with E-state index in [9.17, 15) is 9.59 Å². The summed E-state index contributed by atoms with van der Waals surface area (Å²) in [5.41, 5.74) is -0.611. The second kappa shape index (κ2) is 6.83. The van der Waals surface area contributed by atoms with Crippen molar-refractivity contribution in [1.29, 1.82) is 0 Å². The number of hydrogen-bond donors (Lipinski definition) is 1. The predicted molar refractivity (Wildman–Crippen MR) is 88.9 cm³/mol. The van der Waals surface area contributed by atoms with Gasteiger partial charge in [0.05, 0.1) is 5.41 Å². The summed E-state index contributed by atoms with van der Waals surface area (Å²) in [5, 5.41) is 4.84. The van der Waals surface area contributed by atoms with Crippen molar-refractivity contribution in [3.05, 3.63) is 22.4 Å². The fourth-order valence-corrected chi connectivity index (χ4v) is 3.99. The molecule has 0 radical (unpaired) electrons. The van der Waals surface area contributed by atoms with E-state index < -0.39 is 11.5 Å². The van der Waals surface area contributed by atoms with Crippen molar-refractivity contribution < 1.29 is 9.59 Å². The van der Waals surface area contributed by atoms with Crippen molar-refractivity contribution in [3.8, 4) is 0 Å². The van der Waals surface area contributed by atoms with Crippen LogP contribution in [0.5, 0.6) is 0 Å². The van der Waals surface area contributed by atoms with Gasteiger partial charge in [0.25, 0.3) is 0 Å². The highest BCUT2D eigenvalue weighted by Gasteiger charge is 2.33. The maximum atomic E-state index is 12.5. The van der Waals surface area contributed by atoms with Crippen molar-refractivity contribution in [2.45, 2.75) is 32.2 Å². The van der Waals surface area contributed by atoms with E-state index in [4.69, 9.17) is 0 Å². The van der Waals surface area contributed by atoms with Crippen LogP contribution in [0.4, 0.5) is 0 Å². The molecule has 116 valence electrons. The summed E-state index contributed by atoms with van der Waals surface area (Å²) in [6.45, 7) is 7.11. The number of nitrogens with zero attached hydrogens (tertiary/aromatic N) is 1. The first kappa shape index (κ1) is 16.4. The monoisotopic (exact) mass is 326 g/mol. The molecule has 0 aromatic carbocycles. The van der Waals surface area contributed by atoms with Crippen molar-refractivity contribution in [1.82, 2.24) is 10.2 Å². The standard InChI is InChI=1S/C15H22N2O2S2/c1-11(13(18)17-6-9-20-10-7-17)16-14(19)15(2,3)12-5-4-8-21-12/h4-5,8,11H,6-7,9-10H2,1-3H3,(H,16,19). The van der Waals surface area contributed by atoms with E-state index in [1.807, 2.05) is 48.0 Å². The molecule has 1 atom stereocenters. The van der Waals surface area contributed by atoms with Crippen LogP contribution in [0.25, 0.3) is 0 Å². The lowest BCUT2D eigenvalue weighted by molar-refractivity contribution is -0.136. The minimum Gasteiger partial charge on any atom is -0.344 e. The molecule has 1 saturated heterocycles. The third-order valence-corrected chi connectivity index (χ3v) is 5.88. The quantitative estimate of drug-likeness (QED) is 0.922. The maximum Gasteiger partial charge on any atom is 0.244 e. The van der Waals surface area contributed by atoms with Crippen LogP contribution in [0.3, 0.4) is 0 Å². The van der Waals surface area contributed by atoms with Gasteiger partial charge in [0.15, 0.2) is 0 Å². The average Bonchev–Trinajstić information content (AvgIpc) is 3.02. The molecule has 1 aliphatic heterocycles. The molecular weight excluding hydrogens is 304 g/mol. The van der Waals surface area contributed by atoms with Crippen molar-refractivity contribution >= 4 is 34.9 Å². The third kappa shape index (κ3) is 3.80. The van der Waals surface area contributed by atoms with Gasteiger partial charge in [-0.25, -0.2) is 0 Å². The van der Waals surface area contributed by atoms with E-state index in [1.165, 1.54) is 0 Å². The molecule has 1 aromatic heterocycles. The first-order valence-electron chi connectivity index (χ1n) is 7.14.